The van der Waals surface area contributed by atoms with Crippen molar-refractivity contribution in [3.8, 4) is 11.5 Å². The zero-order valence-electron chi connectivity index (χ0n) is 16.6. The van der Waals surface area contributed by atoms with E-state index in [-0.39, 0.29) is 0 Å². The van der Waals surface area contributed by atoms with Gasteiger partial charge < -0.3 is 9.32 Å². The number of aromatic nitrogens is 2. The van der Waals surface area contributed by atoms with Gasteiger partial charge in [-0.3, -0.25) is 9.88 Å². The molecule has 1 aliphatic rings. The smallest absolute Gasteiger partial charge is 0.228 e. The highest BCUT2D eigenvalue weighted by Gasteiger charge is 2.21. The van der Waals surface area contributed by atoms with E-state index in [9.17, 15) is 0 Å². The van der Waals surface area contributed by atoms with Crippen molar-refractivity contribution in [2.24, 2.45) is 0 Å². The van der Waals surface area contributed by atoms with Crippen molar-refractivity contribution in [1.29, 1.82) is 0 Å². The highest BCUT2D eigenvalue weighted by atomic mass is 35.5. The molecular formula is C22H25ClN4O. The third kappa shape index (κ3) is 4.05. The lowest BCUT2D eigenvalue weighted by Crippen LogP contribution is -2.46. The summed E-state index contributed by atoms with van der Waals surface area (Å²) >= 11 is 6.29. The third-order valence-electron chi connectivity index (χ3n) is 5.17. The number of aryl methyl sites for hydroxylation is 3. The fourth-order valence-corrected chi connectivity index (χ4v) is 3.91. The summed E-state index contributed by atoms with van der Waals surface area (Å²) in [5.74, 6) is 1.46. The molecular weight excluding hydrogens is 372 g/mol. The maximum Gasteiger partial charge on any atom is 0.228 e. The van der Waals surface area contributed by atoms with Gasteiger partial charge in [-0.15, -0.1) is 0 Å². The molecule has 5 nitrogen and oxygen atoms in total. The number of hydrogen-bond donors (Lipinski definition) is 0. The van der Waals surface area contributed by atoms with Crippen molar-refractivity contribution < 1.29 is 4.42 Å². The minimum atomic E-state index is 0.597. The van der Waals surface area contributed by atoms with E-state index in [1.807, 2.05) is 31.2 Å². The number of nitrogens with zero attached hydrogens (tertiary/aromatic N) is 4. The monoisotopic (exact) mass is 396 g/mol. The molecule has 2 aromatic heterocycles. The number of anilines is 1. The maximum absolute atomic E-state index is 6.29. The zero-order valence-corrected chi connectivity index (χ0v) is 17.3. The molecule has 0 amide bonds. The van der Waals surface area contributed by atoms with Gasteiger partial charge in [0.2, 0.25) is 5.89 Å². The Morgan fingerprint density at radius 3 is 2.32 bits per heavy atom. The molecule has 28 heavy (non-hydrogen) atoms. The van der Waals surface area contributed by atoms with Gasteiger partial charge in [0, 0.05) is 49.8 Å². The van der Waals surface area contributed by atoms with Gasteiger partial charge in [-0.2, -0.15) is 0 Å². The largest absolute Gasteiger partial charge is 0.441 e. The van der Waals surface area contributed by atoms with E-state index in [0.717, 1.165) is 61.1 Å². The first-order valence-corrected chi connectivity index (χ1v) is 10.0. The molecule has 1 aromatic carbocycles. The highest BCUT2D eigenvalue weighted by molar-refractivity contribution is 6.33. The molecule has 0 atom stereocenters. The Morgan fingerprint density at radius 2 is 1.64 bits per heavy atom. The quantitative estimate of drug-likeness (QED) is 0.643. The van der Waals surface area contributed by atoms with Crippen LogP contribution < -0.4 is 4.90 Å². The van der Waals surface area contributed by atoms with Gasteiger partial charge in [-0.25, -0.2) is 4.98 Å². The second kappa shape index (κ2) is 7.94. The van der Waals surface area contributed by atoms with E-state index in [2.05, 4.69) is 40.8 Å². The van der Waals surface area contributed by atoms with Gasteiger partial charge in [0.15, 0.2) is 0 Å². The number of oxazole rings is 1. The number of pyridine rings is 1. The first-order valence-electron chi connectivity index (χ1n) is 9.63. The predicted molar refractivity (Wildman–Crippen MR) is 113 cm³/mol. The summed E-state index contributed by atoms with van der Waals surface area (Å²) in [6.45, 7) is 10.9. The molecule has 3 aromatic rings. The van der Waals surface area contributed by atoms with Crippen molar-refractivity contribution in [3.63, 3.8) is 0 Å². The van der Waals surface area contributed by atoms with Crippen LogP contribution in [0.2, 0.25) is 5.02 Å². The lowest BCUT2D eigenvalue weighted by molar-refractivity contribution is 0.246. The highest BCUT2D eigenvalue weighted by Crippen LogP contribution is 2.29. The number of rotatable bonds is 4. The average molecular weight is 397 g/mol. The van der Waals surface area contributed by atoms with E-state index < -0.39 is 0 Å². The Morgan fingerprint density at radius 1 is 0.964 bits per heavy atom. The number of benzene rings is 1. The molecule has 1 aliphatic heterocycles. The van der Waals surface area contributed by atoms with E-state index in [4.69, 9.17) is 21.0 Å². The molecule has 0 radical (unpaired) electrons. The molecule has 3 heterocycles. The molecule has 1 fully saturated rings. The van der Waals surface area contributed by atoms with Gasteiger partial charge in [-0.05, 0) is 45.0 Å². The Balaban J connectivity index is 1.42. The first-order chi connectivity index (χ1) is 13.5. The molecule has 6 heteroatoms. The number of hydrogen-bond acceptors (Lipinski definition) is 5. The third-order valence-corrected chi connectivity index (χ3v) is 5.50. The summed E-state index contributed by atoms with van der Waals surface area (Å²) in [5.41, 5.74) is 5.24. The van der Waals surface area contributed by atoms with E-state index in [1.165, 1.54) is 5.69 Å². The Bertz CT molecular complexity index is 956. The predicted octanol–water partition coefficient (Wildman–Crippen LogP) is 4.64. The topological polar surface area (TPSA) is 45.4 Å². The van der Waals surface area contributed by atoms with E-state index >= 15 is 0 Å². The van der Waals surface area contributed by atoms with Gasteiger partial charge >= 0.3 is 0 Å². The van der Waals surface area contributed by atoms with Crippen LogP contribution in [-0.4, -0.2) is 41.0 Å². The van der Waals surface area contributed by atoms with Gasteiger partial charge in [0.05, 0.1) is 16.3 Å². The first kappa shape index (κ1) is 19.0. The minimum Gasteiger partial charge on any atom is -0.441 e. The second-order valence-electron chi connectivity index (χ2n) is 7.37. The summed E-state index contributed by atoms with van der Waals surface area (Å²) in [7, 11) is 0. The van der Waals surface area contributed by atoms with Crippen LogP contribution in [-0.2, 0) is 6.54 Å². The van der Waals surface area contributed by atoms with Crippen molar-refractivity contribution >= 4 is 17.3 Å². The Hall–Kier alpha value is -2.37. The lowest BCUT2D eigenvalue weighted by Gasteiger charge is -2.36. The van der Waals surface area contributed by atoms with Crippen LogP contribution in [0.1, 0.15) is 22.8 Å². The van der Waals surface area contributed by atoms with Crippen LogP contribution in [0.3, 0.4) is 0 Å². The van der Waals surface area contributed by atoms with Crippen LogP contribution in [0.4, 0.5) is 5.69 Å². The second-order valence-corrected chi connectivity index (χ2v) is 7.78. The molecule has 146 valence electrons. The normalized spacial score (nSPS) is 15.2. The molecule has 0 aliphatic carbocycles. The van der Waals surface area contributed by atoms with Gasteiger partial charge in [-0.1, -0.05) is 23.7 Å². The van der Waals surface area contributed by atoms with Crippen LogP contribution >= 0.6 is 11.6 Å². The van der Waals surface area contributed by atoms with Gasteiger partial charge in [0.1, 0.15) is 5.76 Å². The maximum atomic E-state index is 6.29. The summed E-state index contributed by atoms with van der Waals surface area (Å²) in [6.07, 6.45) is 0. The zero-order chi connectivity index (χ0) is 19.7. The molecule has 0 N–H and O–H groups in total. The number of halogens is 1. The number of piperazine rings is 1. The van der Waals surface area contributed by atoms with Crippen molar-refractivity contribution in [1.82, 2.24) is 14.9 Å². The molecule has 0 spiro atoms. The van der Waals surface area contributed by atoms with Crippen molar-refractivity contribution in [2.75, 3.05) is 31.1 Å². The molecule has 0 unspecified atom stereocenters. The van der Waals surface area contributed by atoms with E-state index in [1.54, 1.807) is 0 Å². The van der Waals surface area contributed by atoms with E-state index in [0.29, 0.717) is 10.9 Å². The van der Waals surface area contributed by atoms with Crippen LogP contribution in [0, 0.1) is 20.8 Å². The lowest BCUT2D eigenvalue weighted by atomic mass is 10.2. The SMILES string of the molecule is Cc1cc(N2CCN(Cc3nc(-c4ccccc4Cl)oc3C)CC2)cc(C)n1. The van der Waals surface area contributed by atoms with Gasteiger partial charge in [0.25, 0.3) is 0 Å². The summed E-state index contributed by atoms with van der Waals surface area (Å²) in [6, 6.07) is 12.0. The Labute approximate surface area is 171 Å². The summed E-state index contributed by atoms with van der Waals surface area (Å²) in [4.78, 5) is 14.1. The van der Waals surface area contributed by atoms with Crippen LogP contribution in [0.15, 0.2) is 40.8 Å². The van der Waals surface area contributed by atoms with Crippen LogP contribution in [0.5, 0.6) is 0 Å². The van der Waals surface area contributed by atoms with Crippen molar-refractivity contribution in [3.05, 3.63) is 64.3 Å². The standard InChI is InChI=1S/C22H25ClN4O/c1-15-12-18(13-16(2)24-15)27-10-8-26(9-11-27)14-21-17(3)28-22(25-21)19-6-4-5-7-20(19)23/h4-7,12-13H,8-11,14H2,1-3H3. The molecule has 4 rings (SSSR count). The molecule has 0 bridgehead atoms. The Kier molecular flexibility index (Phi) is 5.38. The summed E-state index contributed by atoms with van der Waals surface area (Å²) in [5, 5.41) is 0.659. The minimum absolute atomic E-state index is 0.597. The molecule has 0 saturated carbocycles. The van der Waals surface area contributed by atoms with Crippen molar-refractivity contribution in [2.45, 2.75) is 27.3 Å². The van der Waals surface area contributed by atoms with Crippen LogP contribution in [0.25, 0.3) is 11.5 Å². The fraction of sp³-hybridized carbons (Fsp3) is 0.364. The fourth-order valence-electron chi connectivity index (χ4n) is 3.70. The summed E-state index contributed by atoms with van der Waals surface area (Å²) < 4.78 is 5.90. The average Bonchev–Trinajstić information content (AvgIpc) is 3.02. The molecule has 1 saturated heterocycles.